The predicted molar refractivity (Wildman–Crippen MR) is 57.9 cm³/mol. The molecule has 0 spiro atoms. The first kappa shape index (κ1) is 12.6. The number of oxime groups is 1. The lowest BCUT2D eigenvalue weighted by atomic mass is 10.2. The summed E-state index contributed by atoms with van der Waals surface area (Å²) < 4.78 is 10.2. The lowest BCUT2D eigenvalue weighted by molar-refractivity contribution is 0.0200. The van der Waals surface area contributed by atoms with Crippen molar-refractivity contribution in [3.8, 4) is 0 Å². The SMILES string of the molecule is CCOC1=NOC(NC(=O)OC(C)(C)C)C1. The molecule has 0 aliphatic carbocycles. The van der Waals surface area contributed by atoms with Crippen molar-refractivity contribution in [2.45, 2.75) is 45.9 Å². The second-order valence-electron chi connectivity index (χ2n) is 4.36. The maximum Gasteiger partial charge on any atom is 0.410 e. The maximum absolute atomic E-state index is 11.4. The van der Waals surface area contributed by atoms with Crippen LogP contribution >= 0.6 is 0 Å². The van der Waals surface area contributed by atoms with E-state index >= 15 is 0 Å². The first-order valence-corrected chi connectivity index (χ1v) is 5.25. The van der Waals surface area contributed by atoms with Gasteiger partial charge in [-0.3, -0.25) is 5.32 Å². The molecule has 0 aromatic carbocycles. The zero-order valence-electron chi connectivity index (χ0n) is 10.1. The van der Waals surface area contributed by atoms with Crippen molar-refractivity contribution in [2.75, 3.05) is 6.61 Å². The smallest absolute Gasteiger partial charge is 0.410 e. The number of alkyl carbamates (subject to hydrolysis) is 1. The molecule has 1 N–H and O–H groups in total. The van der Waals surface area contributed by atoms with Gasteiger partial charge in [0.15, 0.2) is 0 Å². The largest absolute Gasteiger partial charge is 0.479 e. The van der Waals surface area contributed by atoms with Crippen molar-refractivity contribution in [3.63, 3.8) is 0 Å². The highest BCUT2D eigenvalue weighted by molar-refractivity contribution is 5.78. The number of nitrogens with zero attached hydrogens (tertiary/aromatic N) is 1. The summed E-state index contributed by atoms with van der Waals surface area (Å²) >= 11 is 0. The number of amides is 1. The van der Waals surface area contributed by atoms with Gasteiger partial charge in [0.25, 0.3) is 0 Å². The Morgan fingerprint density at radius 3 is 2.88 bits per heavy atom. The predicted octanol–water partition coefficient (Wildman–Crippen LogP) is 1.61. The molecule has 1 aliphatic rings. The van der Waals surface area contributed by atoms with Gasteiger partial charge in [0, 0.05) is 0 Å². The number of hydrogen-bond acceptors (Lipinski definition) is 5. The van der Waals surface area contributed by atoms with E-state index < -0.39 is 17.9 Å². The minimum absolute atomic E-state index is 0.424. The van der Waals surface area contributed by atoms with E-state index in [1.54, 1.807) is 20.8 Å². The van der Waals surface area contributed by atoms with Gasteiger partial charge in [-0.2, -0.15) is 0 Å². The van der Waals surface area contributed by atoms with Crippen molar-refractivity contribution in [2.24, 2.45) is 5.16 Å². The minimum Gasteiger partial charge on any atom is -0.479 e. The van der Waals surface area contributed by atoms with E-state index in [1.165, 1.54) is 0 Å². The van der Waals surface area contributed by atoms with Crippen LogP contribution in [0, 0.1) is 0 Å². The average molecular weight is 230 g/mol. The fourth-order valence-corrected chi connectivity index (χ4v) is 1.12. The Kier molecular flexibility index (Phi) is 3.98. The van der Waals surface area contributed by atoms with Crippen LogP contribution in [0.4, 0.5) is 4.79 Å². The third-order valence-corrected chi connectivity index (χ3v) is 1.63. The molecular weight excluding hydrogens is 212 g/mol. The summed E-state index contributed by atoms with van der Waals surface area (Å²) in [5, 5.41) is 6.23. The highest BCUT2D eigenvalue weighted by Crippen LogP contribution is 2.11. The molecule has 92 valence electrons. The molecule has 0 radical (unpaired) electrons. The molecule has 1 aliphatic heterocycles. The van der Waals surface area contributed by atoms with Gasteiger partial charge >= 0.3 is 6.09 Å². The standard InChI is InChI=1S/C10H18N2O4/c1-5-14-8-6-7(16-12-8)11-9(13)15-10(2,3)4/h7H,5-6H2,1-4H3,(H,11,13). The van der Waals surface area contributed by atoms with Crippen LogP contribution in [-0.2, 0) is 14.3 Å². The van der Waals surface area contributed by atoms with Crippen LogP contribution in [-0.4, -0.2) is 30.4 Å². The van der Waals surface area contributed by atoms with E-state index in [2.05, 4.69) is 10.5 Å². The molecule has 0 aromatic rings. The Balaban J connectivity index is 2.28. The normalized spacial score (nSPS) is 19.8. The van der Waals surface area contributed by atoms with Gasteiger partial charge in [0.05, 0.1) is 13.0 Å². The van der Waals surface area contributed by atoms with Crippen LogP contribution < -0.4 is 5.32 Å². The second-order valence-corrected chi connectivity index (χ2v) is 4.36. The summed E-state index contributed by atoms with van der Waals surface area (Å²) in [4.78, 5) is 16.3. The van der Waals surface area contributed by atoms with E-state index in [4.69, 9.17) is 14.3 Å². The van der Waals surface area contributed by atoms with Crippen molar-refractivity contribution in [1.29, 1.82) is 0 Å². The van der Waals surface area contributed by atoms with E-state index in [-0.39, 0.29) is 0 Å². The van der Waals surface area contributed by atoms with Gasteiger partial charge in [-0.25, -0.2) is 4.79 Å². The van der Waals surface area contributed by atoms with Crippen LogP contribution in [0.2, 0.25) is 0 Å². The summed E-state index contributed by atoms with van der Waals surface area (Å²) in [5.41, 5.74) is -0.522. The van der Waals surface area contributed by atoms with E-state index in [1.807, 2.05) is 6.92 Å². The number of nitrogens with one attached hydrogen (secondary N) is 1. The van der Waals surface area contributed by atoms with Crippen molar-refractivity contribution in [3.05, 3.63) is 0 Å². The Morgan fingerprint density at radius 1 is 1.62 bits per heavy atom. The zero-order valence-corrected chi connectivity index (χ0v) is 10.1. The van der Waals surface area contributed by atoms with Crippen molar-refractivity contribution < 1.29 is 19.1 Å². The zero-order chi connectivity index (χ0) is 12.2. The van der Waals surface area contributed by atoms with Gasteiger partial charge in [0.1, 0.15) is 5.60 Å². The molecule has 16 heavy (non-hydrogen) atoms. The average Bonchev–Trinajstić information content (AvgIpc) is 2.49. The van der Waals surface area contributed by atoms with Crippen molar-refractivity contribution in [1.82, 2.24) is 5.32 Å². The highest BCUT2D eigenvalue weighted by Gasteiger charge is 2.26. The van der Waals surface area contributed by atoms with Gasteiger partial charge in [0.2, 0.25) is 12.1 Å². The van der Waals surface area contributed by atoms with Crippen LogP contribution in [0.25, 0.3) is 0 Å². The van der Waals surface area contributed by atoms with Crippen LogP contribution in [0.3, 0.4) is 0 Å². The summed E-state index contributed by atoms with van der Waals surface area (Å²) in [6, 6.07) is 0. The van der Waals surface area contributed by atoms with E-state index in [9.17, 15) is 4.79 Å². The van der Waals surface area contributed by atoms with Crippen LogP contribution in [0.5, 0.6) is 0 Å². The summed E-state index contributed by atoms with van der Waals surface area (Å²) in [7, 11) is 0. The van der Waals surface area contributed by atoms with Gasteiger partial charge in [-0.15, -0.1) is 0 Å². The van der Waals surface area contributed by atoms with Gasteiger partial charge in [-0.05, 0) is 32.9 Å². The van der Waals surface area contributed by atoms with Gasteiger partial charge in [-0.1, -0.05) is 0 Å². The fourth-order valence-electron chi connectivity index (χ4n) is 1.12. The first-order chi connectivity index (χ1) is 7.40. The second kappa shape index (κ2) is 5.05. The Bertz CT molecular complexity index is 283. The summed E-state index contributed by atoms with van der Waals surface area (Å²) in [6.07, 6.45) is -0.602. The third-order valence-electron chi connectivity index (χ3n) is 1.63. The molecule has 1 atom stereocenters. The van der Waals surface area contributed by atoms with E-state index in [0.717, 1.165) is 0 Å². The Labute approximate surface area is 94.9 Å². The topological polar surface area (TPSA) is 69.2 Å². The number of ether oxygens (including phenoxy) is 2. The van der Waals surface area contributed by atoms with Crippen LogP contribution in [0.15, 0.2) is 5.16 Å². The molecule has 0 fully saturated rings. The molecule has 1 rings (SSSR count). The Hall–Kier alpha value is -1.46. The summed E-state index contributed by atoms with van der Waals surface area (Å²) in [5.74, 6) is 0.489. The maximum atomic E-state index is 11.4. The molecule has 6 nitrogen and oxygen atoms in total. The van der Waals surface area contributed by atoms with Crippen LogP contribution in [0.1, 0.15) is 34.1 Å². The van der Waals surface area contributed by atoms with Crippen molar-refractivity contribution >= 4 is 12.0 Å². The highest BCUT2D eigenvalue weighted by atomic mass is 16.7. The number of rotatable bonds is 2. The quantitative estimate of drug-likeness (QED) is 0.782. The van der Waals surface area contributed by atoms with E-state index in [0.29, 0.717) is 18.9 Å². The minimum atomic E-state index is -0.523. The molecule has 0 bridgehead atoms. The molecule has 0 saturated heterocycles. The summed E-state index contributed by atoms with van der Waals surface area (Å²) in [6.45, 7) is 7.77. The number of hydrogen-bond donors (Lipinski definition) is 1. The fraction of sp³-hybridized carbons (Fsp3) is 0.800. The molecule has 0 saturated carbocycles. The molecule has 0 aromatic heterocycles. The molecule has 6 heteroatoms. The molecule has 1 amide bonds. The molecule has 1 heterocycles. The third kappa shape index (κ3) is 4.37. The number of carbonyl (C=O) groups is 1. The molecule has 1 unspecified atom stereocenters. The number of carbonyl (C=O) groups excluding carboxylic acids is 1. The molecular formula is C10H18N2O4. The first-order valence-electron chi connectivity index (χ1n) is 5.25. The van der Waals surface area contributed by atoms with Gasteiger partial charge < -0.3 is 14.3 Å². The lowest BCUT2D eigenvalue weighted by Gasteiger charge is -2.20. The monoisotopic (exact) mass is 230 g/mol. The lowest BCUT2D eigenvalue weighted by Crippen LogP contribution is -2.39. The Morgan fingerprint density at radius 2 is 2.31 bits per heavy atom.